The van der Waals surface area contributed by atoms with E-state index < -0.39 is 28.5 Å². The molecule has 3 rings (SSSR count). The molecule has 172 valence electrons. The number of carbonyl (C=O) groups is 2. The van der Waals surface area contributed by atoms with Crippen molar-refractivity contribution in [2.24, 2.45) is 0 Å². The Kier molecular flexibility index (Phi) is 7.65. The maximum atomic E-state index is 13.0. The zero-order valence-electron chi connectivity index (χ0n) is 18.5. The average molecular weight is 461 g/mol. The van der Waals surface area contributed by atoms with Gasteiger partial charge in [0.2, 0.25) is 10.0 Å². The summed E-state index contributed by atoms with van der Waals surface area (Å²) >= 11 is 0. The number of hydrogen-bond donors (Lipinski definition) is 1. The number of anilines is 1. The summed E-state index contributed by atoms with van der Waals surface area (Å²) in [5, 5.41) is 2.59. The van der Waals surface area contributed by atoms with E-state index in [2.05, 4.69) is 19.2 Å². The van der Waals surface area contributed by atoms with E-state index in [-0.39, 0.29) is 18.0 Å². The molecule has 1 aliphatic heterocycles. The first kappa shape index (κ1) is 23.9. The average Bonchev–Trinajstić information content (AvgIpc) is 2.79. The van der Waals surface area contributed by atoms with Gasteiger partial charge in [-0.3, -0.25) is 4.79 Å². The van der Waals surface area contributed by atoms with E-state index in [1.165, 1.54) is 10.4 Å². The first-order valence-corrected chi connectivity index (χ1v) is 11.9. The summed E-state index contributed by atoms with van der Waals surface area (Å²) in [5.41, 5.74) is 2.34. The number of sulfonamides is 1. The summed E-state index contributed by atoms with van der Waals surface area (Å²) in [4.78, 5) is 24.6. The van der Waals surface area contributed by atoms with E-state index in [0.29, 0.717) is 35.9 Å². The maximum absolute atomic E-state index is 13.0. The van der Waals surface area contributed by atoms with Crippen LogP contribution in [-0.4, -0.2) is 57.5 Å². The van der Waals surface area contributed by atoms with Gasteiger partial charge in [-0.15, -0.1) is 0 Å². The lowest BCUT2D eigenvalue weighted by Gasteiger charge is -2.26. The number of amides is 1. The molecule has 2 aromatic rings. The molecule has 2 aromatic carbocycles. The van der Waals surface area contributed by atoms with Gasteiger partial charge in [-0.1, -0.05) is 32.0 Å². The molecule has 0 radical (unpaired) electrons. The number of nitrogens with one attached hydrogen (secondary N) is 1. The quantitative estimate of drug-likeness (QED) is 0.638. The van der Waals surface area contributed by atoms with Crippen LogP contribution in [0.2, 0.25) is 0 Å². The minimum atomic E-state index is -3.71. The van der Waals surface area contributed by atoms with Crippen molar-refractivity contribution in [1.82, 2.24) is 4.31 Å². The Morgan fingerprint density at radius 3 is 2.38 bits per heavy atom. The van der Waals surface area contributed by atoms with E-state index in [1.807, 2.05) is 12.1 Å². The van der Waals surface area contributed by atoms with Crippen molar-refractivity contribution in [2.75, 3.05) is 38.2 Å². The normalized spacial score (nSPS) is 14.9. The Hall–Kier alpha value is -2.75. The van der Waals surface area contributed by atoms with Gasteiger partial charge in [-0.25, -0.2) is 13.2 Å². The number of carbonyl (C=O) groups excluding carboxylic acids is 2. The second-order valence-corrected chi connectivity index (χ2v) is 9.80. The van der Waals surface area contributed by atoms with Crippen LogP contribution in [0.1, 0.15) is 41.3 Å². The highest BCUT2D eigenvalue weighted by atomic mass is 32.2. The van der Waals surface area contributed by atoms with Gasteiger partial charge >= 0.3 is 5.97 Å². The Labute approximate surface area is 188 Å². The third-order valence-electron chi connectivity index (χ3n) is 5.21. The van der Waals surface area contributed by atoms with Crippen LogP contribution < -0.4 is 5.32 Å². The number of benzene rings is 2. The lowest BCUT2D eigenvalue weighted by molar-refractivity contribution is -0.119. The number of hydrogen-bond acceptors (Lipinski definition) is 6. The first-order chi connectivity index (χ1) is 15.2. The molecular weight excluding hydrogens is 432 g/mol. The molecule has 1 heterocycles. The molecule has 0 unspecified atom stereocenters. The Morgan fingerprint density at radius 1 is 1.09 bits per heavy atom. The molecule has 1 amide bonds. The predicted molar refractivity (Wildman–Crippen MR) is 120 cm³/mol. The van der Waals surface area contributed by atoms with Gasteiger partial charge in [0.1, 0.15) is 0 Å². The van der Waals surface area contributed by atoms with Gasteiger partial charge in [0.05, 0.1) is 23.7 Å². The zero-order chi connectivity index (χ0) is 23.3. The molecule has 0 aromatic heterocycles. The fraction of sp³-hybridized carbons (Fsp3) is 0.391. The van der Waals surface area contributed by atoms with Gasteiger partial charge in [-0.05, 0) is 48.2 Å². The third kappa shape index (κ3) is 5.73. The zero-order valence-corrected chi connectivity index (χ0v) is 19.3. The SMILES string of the molecule is Cc1ccc(NC(=O)COC(=O)c2ccc(C(C)C)cc2)cc1S(=O)(=O)N1CCOCC1. The van der Waals surface area contributed by atoms with E-state index in [9.17, 15) is 18.0 Å². The number of nitrogens with zero attached hydrogens (tertiary/aromatic N) is 1. The van der Waals surface area contributed by atoms with Crippen molar-refractivity contribution in [1.29, 1.82) is 0 Å². The largest absolute Gasteiger partial charge is 0.452 e. The summed E-state index contributed by atoms with van der Waals surface area (Å²) in [5.74, 6) is -0.817. The summed E-state index contributed by atoms with van der Waals surface area (Å²) in [6.45, 7) is 6.59. The molecule has 0 saturated carbocycles. The molecule has 1 saturated heterocycles. The number of rotatable bonds is 7. The molecule has 1 aliphatic rings. The highest BCUT2D eigenvalue weighted by Crippen LogP contribution is 2.24. The van der Waals surface area contributed by atoms with Crippen molar-refractivity contribution >= 4 is 27.6 Å². The second-order valence-electron chi connectivity index (χ2n) is 7.90. The van der Waals surface area contributed by atoms with Crippen LogP contribution >= 0.6 is 0 Å². The highest BCUT2D eigenvalue weighted by molar-refractivity contribution is 7.89. The van der Waals surface area contributed by atoms with E-state index in [1.54, 1.807) is 31.2 Å². The van der Waals surface area contributed by atoms with Gasteiger partial charge in [0.25, 0.3) is 5.91 Å². The number of aryl methyl sites for hydroxylation is 1. The van der Waals surface area contributed by atoms with Crippen molar-refractivity contribution in [3.63, 3.8) is 0 Å². The van der Waals surface area contributed by atoms with E-state index in [4.69, 9.17) is 9.47 Å². The van der Waals surface area contributed by atoms with Crippen molar-refractivity contribution in [2.45, 2.75) is 31.6 Å². The molecule has 9 heteroatoms. The van der Waals surface area contributed by atoms with Crippen molar-refractivity contribution in [3.05, 3.63) is 59.2 Å². The summed E-state index contributed by atoms with van der Waals surface area (Å²) in [6.07, 6.45) is 0. The Bertz CT molecular complexity index is 1070. The van der Waals surface area contributed by atoms with Gasteiger partial charge in [-0.2, -0.15) is 4.31 Å². The maximum Gasteiger partial charge on any atom is 0.338 e. The van der Waals surface area contributed by atoms with Crippen LogP contribution in [0.5, 0.6) is 0 Å². The number of morpholine rings is 1. The summed E-state index contributed by atoms with van der Waals surface area (Å²) in [7, 11) is -3.71. The van der Waals surface area contributed by atoms with E-state index in [0.717, 1.165) is 5.56 Å². The minimum absolute atomic E-state index is 0.124. The van der Waals surface area contributed by atoms with Crippen molar-refractivity contribution < 1.29 is 27.5 Å². The molecular formula is C23H28N2O6S. The second kappa shape index (κ2) is 10.2. The fourth-order valence-electron chi connectivity index (χ4n) is 3.30. The van der Waals surface area contributed by atoms with Crippen molar-refractivity contribution in [3.8, 4) is 0 Å². The van der Waals surface area contributed by atoms with Crippen LogP contribution in [0.4, 0.5) is 5.69 Å². The molecule has 0 spiro atoms. The Morgan fingerprint density at radius 2 is 1.75 bits per heavy atom. The van der Waals surface area contributed by atoms with Gasteiger partial charge in [0.15, 0.2) is 6.61 Å². The van der Waals surface area contributed by atoms with Crippen LogP contribution in [0, 0.1) is 6.92 Å². The first-order valence-electron chi connectivity index (χ1n) is 10.4. The third-order valence-corrected chi connectivity index (χ3v) is 7.25. The number of ether oxygens (including phenoxy) is 2. The van der Waals surface area contributed by atoms with Crippen LogP contribution in [0.15, 0.2) is 47.4 Å². The minimum Gasteiger partial charge on any atom is -0.452 e. The van der Waals surface area contributed by atoms with Crippen LogP contribution in [0.3, 0.4) is 0 Å². The fourth-order valence-corrected chi connectivity index (χ4v) is 4.96. The topological polar surface area (TPSA) is 102 Å². The number of esters is 1. The lowest BCUT2D eigenvalue weighted by Crippen LogP contribution is -2.40. The molecule has 1 fully saturated rings. The van der Waals surface area contributed by atoms with Crippen LogP contribution in [0.25, 0.3) is 0 Å². The molecule has 8 nitrogen and oxygen atoms in total. The van der Waals surface area contributed by atoms with Gasteiger partial charge < -0.3 is 14.8 Å². The highest BCUT2D eigenvalue weighted by Gasteiger charge is 2.28. The van der Waals surface area contributed by atoms with Gasteiger partial charge in [0, 0.05) is 18.8 Å². The van der Waals surface area contributed by atoms with E-state index >= 15 is 0 Å². The molecule has 0 atom stereocenters. The smallest absolute Gasteiger partial charge is 0.338 e. The molecule has 0 bridgehead atoms. The standard InChI is InChI=1S/C23H28N2O6S/c1-16(2)18-5-7-19(8-6-18)23(27)31-15-22(26)24-20-9-4-17(3)21(14-20)32(28,29)25-10-12-30-13-11-25/h4-9,14,16H,10-13,15H2,1-3H3,(H,24,26). The lowest BCUT2D eigenvalue weighted by atomic mass is 10.0. The monoisotopic (exact) mass is 460 g/mol. The molecule has 32 heavy (non-hydrogen) atoms. The molecule has 1 N–H and O–H groups in total. The predicted octanol–water partition coefficient (Wildman–Crippen LogP) is 2.93. The summed E-state index contributed by atoms with van der Waals surface area (Å²) < 4.78 is 37.6. The summed E-state index contributed by atoms with van der Waals surface area (Å²) in [6, 6.07) is 11.7. The Balaban J connectivity index is 1.62. The molecule has 0 aliphatic carbocycles. The van der Waals surface area contributed by atoms with Crippen LogP contribution in [-0.2, 0) is 24.3 Å².